The van der Waals surface area contributed by atoms with Crippen LogP contribution in [0.25, 0.3) is 0 Å². The van der Waals surface area contributed by atoms with Crippen molar-refractivity contribution >= 4 is 6.21 Å². The highest BCUT2D eigenvalue weighted by atomic mass is 16.5. The van der Waals surface area contributed by atoms with Crippen LogP contribution in [0.4, 0.5) is 0 Å². The normalized spacial score (nSPS) is 10.7. The summed E-state index contributed by atoms with van der Waals surface area (Å²) in [6, 6.07) is 3.53. The molecule has 0 aliphatic carbocycles. The molecule has 0 unspecified atom stereocenters. The molecular weight excluding hydrogens is 166 g/mol. The smallest absolute Gasteiger partial charge is 0.127 e. The molecule has 3 nitrogen and oxygen atoms in total. The minimum Gasteiger partial charge on any atom is -0.507 e. The third-order valence-electron chi connectivity index (χ3n) is 1.81. The van der Waals surface area contributed by atoms with Crippen molar-refractivity contribution in [3.05, 3.63) is 23.3 Å². The van der Waals surface area contributed by atoms with E-state index in [1.807, 2.05) is 6.92 Å². The number of aryl methyl sites for hydroxylation is 1. The standard InChI is InChI=1S/C10H13NO2/c1-7-4-9(13-3)5-8(6-11-2)10(7)12/h4-6,12H,1-3H3. The second kappa shape index (κ2) is 3.94. The summed E-state index contributed by atoms with van der Waals surface area (Å²) < 4.78 is 5.06. The van der Waals surface area contributed by atoms with Gasteiger partial charge in [0.15, 0.2) is 0 Å². The summed E-state index contributed by atoms with van der Waals surface area (Å²) in [6.45, 7) is 1.82. The number of benzene rings is 1. The Morgan fingerprint density at radius 1 is 1.46 bits per heavy atom. The van der Waals surface area contributed by atoms with E-state index in [4.69, 9.17) is 4.74 Å². The maximum atomic E-state index is 9.60. The zero-order chi connectivity index (χ0) is 9.84. The minimum atomic E-state index is 0.256. The summed E-state index contributed by atoms with van der Waals surface area (Å²) in [4.78, 5) is 3.84. The topological polar surface area (TPSA) is 41.8 Å². The molecule has 0 saturated heterocycles. The van der Waals surface area contributed by atoms with Gasteiger partial charge in [0, 0.05) is 18.8 Å². The molecule has 0 bridgehead atoms. The number of phenolic OH excluding ortho intramolecular Hbond substituents is 1. The first-order chi connectivity index (χ1) is 6.19. The summed E-state index contributed by atoms with van der Waals surface area (Å²) in [6.07, 6.45) is 1.60. The van der Waals surface area contributed by atoms with Crippen molar-refractivity contribution in [2.45, 2.75) is 6.92 Å². The predicted molar refractivity (Wildman–Crippen MR) is 52.9 cm³/mol. The van der Waals surface area contributed by atoms with Crippen LogP contribution in [0.2, 0.25) is 0 Å². The monoisotopic (exact) mass is 179 g/mol. The van der Waals surface area contributed by atoms with Crippen molar-refractivity contribution in [1.29, 1.82) is 0 Å². The lowest BCUT2D eigenvalue weighted by molar-refractivity contribution is 0.411. The molecule has 0 aliphatic heterocycles. The highest BCUT2D eigenvalue weighted by molar-refractivity contribution is 5.84. The molecule has 0 fully saturated rings. The van der Waals surface area contributed by atoms with Crippen molar-refractivity contribution < 1.29 is 9.84 Å². The largest absolute Gasteiger partial charge is 0.507 e. The van der Waals surface area contributed by atoms with Gasteiger partial charge in [-0.15, -0.1) is 0 Å². The number of methoxy groups -OCH3 is 1. The van der Waals surface area contributed by atoms with E-state index in [0.717, 1.165) is 11.3 Å². The number of rotatable bonds is 2. The molecule has 0 aliphatic rings. The van der Waals surface area contributed by atoms with E-state index < -0.39 is 0 Å². The first kappa shape index (κ1) is 9.58. The zero-order valence-electron chi connectivity index (χ0n) is 8.03. The van der Waals surface area contributed by atoms with Gasteiger partial charge in [-0.25, -0.2) is 0 Å². The molecule has 0 heterocycles. The maximum Gasteiger partial charge on any atom is 0.127 e. The van der Waals surface area contributed by atoms with Crippen LogP contribution in [0.3, 0.4) is 0 Å². The lowest BCUT2D eigenvalue weighted by Crippen LogP contribution is -1.90. The van der Waals surface area contributed by atoms with E-state index in [9.17, 15) is 5.11 Å². The van der Waals surface area contributed by atoms with Gasteiger partial charge in [0.05, 0.1) is 7.11 Å². The van der Waals surface area contributed by atoms with Crippen molar-refractivity contribution in [3.63, 3.8) is 0 Å². The van der Waals surface area contributed by atoms with Gasteiger partial charge in [-0.05, 0) is 24.6 Å². The third-order valence-corrected chi connectivity index (χ3v) is 1.81. The van der Waals surface area contributed by atoms with Crippen molar-refractivity contribution in [2.75, 3.05) is 14.2 Å². The average molecular weight is 179 g/mol. The number of phenols is 1. The second-order valence-electron chi connectivity index (χ2n) is 2.77. The summed E-state index contributed by atoms with van der Waals surface area (Å²) >= 11 is 0. The summed E-state index contributed by atoms with van der Waals surface area (Å²) in [7, 11) is 3.26. The first-order valence-corrected chi connectivity index (χ1v) is 3.98. The summed E-state index contributed by atoms with van der Waals surface area (Å²) in [5.41, 5.74) is 1.47. The Balaban J connectivity index is 3.24. The highest BCUT2D eigenvalue weighted by Gasteiger charge is 2.04. The molecule has 0 saturated carbocycles. The van der Waals surface area contributed by atoms with Gasteiger partial charge in [0.25, 0.3) is 0 Å². The van der Waals surface area contributed by atoms with Crippen LogP contribution < -0.4 is 4.74 Å². The van der Waals surface area contributed by atoms with Gasteiger partial charge in [-0.2, -0.15) is 0 Å². The molecule has 1 N–H and O–H groups in total. The number of ether oxygens (including phenoxy) is 1. The number of aliphatic imine (C=N–C) groups is 1. The van der Waals surface area contributed by atoms with Crippen molar-refractivity contribution in [3.8, 4) is 11.5 Å². The second-order valence-corrected chi connectivity index (χ2v) is 2.77. The van der Waals surface area contributed by atoms with Crippen molar-refractivity contribution in [2.24, 2.45) is 4.99 Å². The molecule has 1 aromatic carbocycles. The first-order valence-electron chi connectivity index (χ1n) is 3.98. The fourth-order valence-corrected chi connectivity index (χ4v) is 1.13. The van der Waals surface area contributed by atoms with Gasteiger partial charge in [0.1, 0.15) is 11.5 Å². The van der Waals surface area contributed by atoms with E-state index in [2.05, 4.69) is 4.99 Å². The highest BCUT2D eigenvalue weighted by Crippen LogP contribution is 2.26. The summed E-state index contributed by atoms with van der Waals surface area (Å²) in [5.74, 6) is 0.983. The fourth-order valence-electron chi connectivity index (χ4n) is 1.13. The van der Waals surface area contributed by atoms with Crippen LogP contribution >= 0.6 is 0 Å². The average Bonchev–Trinajstić information content (AvgIpc) is 2.13. The molecule has 0 spiro atoms. The van der Waals surface area contributed by atoms with E-state index in [-0.39, 0.29) is 5.75 Å². The Bertz CT molecular complexity index is 332. The lowest BCUT2D eigenvalue weighted by atomic mass is 10.1. The predicted octanol–water partition coefficient (Wildman–Crippen LogP) is 1.76. The van der Waals surface area contributed by atoms with Gasteiger partial charge in [-0.3, -0.25) is 4.99 Å². The molecule has 3 heteroatoms. The molecule has 0 amide bonds. The van der Waals surface area contributed by atoms with Gasteiger partial charge >= 0.3 is 0 Å². The molecule has 1 rings (SSSR count). The minimum absolute atomic E-state index is 0.256. The lowest BCUT2D eigenvalue weighted by Gasteiger charge is -2.06. The van der Waals surface area contributed by atoms with Gasteiger partial charge in [-0.1, -0.05) is 0 Å². The summed E-state index contributed by atoms with van der Waals surface area (Å²) in [5, 5.41) is 9.60. The molecule has 1 aromatic rings. The number of hydrogen-bond donors (Lipinski definition) is 1. The zero-order valence-corrected chi connectivity index (χ0v) is 8.03. The SMILES string of the molecule is CN=Cc1cc(OC)cc(C)c1O. The Labute approximate surface area is 77.7 Å². The van der Waals surface area contributed by atoms with E-state index >= 15 is 0 Å². The molecule has 13 heavy (non-hydrogen) atoms. The van der Waals surface area contributed by atoms with Gasteiger partial charge < -0.3 is 9.84 Å². The van der Waals surface area contributed by atoms with Crippen LogP contribution in [0.15, 0.2) is 17.1 Å². The van der Waals surface area contributed by atoms with Crippen LogP contribution in [0, 0.1) is 6.92 Å². The Kier molecular flexibility index (Phi) is 2.90. The van der Waals surface area contributed by atoms with Crippen LogP contribution in [-0.2, 0) is 0 Å². The van der Waals surface area contributed by atoms with Crippen molar-refractivity contribution in [1.82, 2.24) is 0 Å². The van der Waals surface area contributed by atoms with Gasteiger partial charge in [0.2, 0.25) is 0 Å². The third kappa shape index (κ3) is 1.99. The van der Waals surface area contributed by atoms with Crippen LogP contribution in [0.5, 0.6) is 11.5 Å². The molecule has 70 valence electrons. The number of aromatic hydroxyl groups is 1. The Morgan fingerprint density at radius 3 is 2.69 bits per heavy atom. The Morgan fingerprint density at radius 2 is 2.15 bits per heavy atom. The fraction of sp³-hybridized carbons (Fsp3) is 0.300. The molecule has 0 atom stereocenters. The molecule has 0 aromatic heterocycles. The van der Waals surface area contributed by atoms with E-state index in [0.29, 0.717) is 5.56 Å². The quantitative estimate of drug-likeness (QED) is 0.703. The number of nitrogens with zero attached hydrogens (tertiary/aromatic N) is 1. The van der Waals surface area contributed by atoms with E-state index in [1.54, 1.807) is 32.5 Å². The molecule has 0 radical (unpaired) electrons. The number of hydrogen-bond acceptors (Lipinski definition) is 3. The van der Waals surface area contributed by atoms with Crippen LogP contribution in [0.1, 0.15) is 11.1 Å². The van der Waals surface area contributed by atoms with Crippen LogP contribution in [-0.4, -0.2) is 25.5 Å². The van der Waals surface area contributed by atoms with E-state index in [1.165, 1.54) is 0 Å². The maximum absolute atomic E-state index is 9.60. The Hall–Kier alpha value is -1.51. The molecular formula is C10H13NO2.